The summed E-state index contributed by atoms with van der Waals surface area (Å²) in [6.45, 7) is 0.704. The number of amides is 2. The number of nitrogens with one attached hydrogen (secondary N) is 1. The number of ether oxygens (including phenoxy) is 1. The van der Waals surface area contributed by atoms with Gasteiger partial charge in [0.2, 0.25) is 11.8 Å². The molecule has 0 aromatic heterocycles. The van der Waals surface area contributed by atoms with Crippen molar-refractivity contribution in [3.63, 3.8) is 0 Å². The zero-order chi connectivity index (χ0) is 15.7. The average Bonchev–Trinajstić information content (AvgIpc) is 2.95. The van der Waals surface area contributed by atoms with Crippen molar-refractivity contribution in [2.24, 2.45) is 0 Å². The highest BCUT2D eigenvalue weighted by molar-refractivity contribution is 5.92. The van der Waals surface area contributed by atoms with Gasteiger partial charge in [0.05, 0.1) is 12.7 Å². The number of hydrogen-bond acceptors (Lipinski definition) is 4. The third kappa shape index (κ3) is 2.56. The van der Waals surface area contributed by atoms with Crippen LogP contribution in [0.15, 0.2) is 24.3 Å². The van der Waals surface area contributed by atoms with Crippen molar-refractivity contribution in [2.75, 3.05) is 13.7 Å². The Morgan fingerprint density at radius 1 is 1.27 bits per heavy atom. The highest BCUT2D eigenvalue weighted by Gasteiger charge is 2.38. The number of fused-ring (bicyclic) bond motifs is 1. The van der Waals surface area contributed by atoms with Crippen molar-refractivity contribution in [1.82, 2.24) is 10.2 Å². The number of esters is 1. The van der Waals surface area contributed by atoms with Crippen molar-refractivity contribution < 1.29 is 19.1 Å². The van der Waals surface area contributed by atoms with Gasteiger partial charge in [-0.05, 0) is 30.5 Å². The first-order valence-electron chi connectivity index (χ1n) is 7.38. The standard InChI is InChI=1S/C16H18N2O4/c1-22-16(21)11-6-4-10(5-7-11)14-15(20)18-8-2-3-12(18)9-13(19)17-14/h4-7,12,14H,2-3,8-9H2,1H3,(H,17,19). The van der Waals surface area contributed by atoms with Crippen LogP contribution in [-0.4, -0.2) is 42.4 Å². The zero-order valence-corrected chi connectivity index (χ0v) is 12.4. The molecular weight excluding hydrogens is 284 g/mol. The molecule has 2 heterocycles. The van der Waals surface area contributed by atoms with E-state index in [-0.39, 0.29) is 17.9 Å². The van der Waals surface area contributed by atoms with Crippen molar-refractivity contribution in [3.8, 4) is 0 Å². The Morgan fingerprint density at radius 2 is 2.00 bits per heavy atom. The number of nitrogens with zero attached hydrogens (tertiary/aromatic N) is 1. The van der Waals surface area contributed by atoms with E-state index in [1.165, 1.54) is 7.11 Å². The van der Waals surface area contributed by atoms with Gasteiger partial charge in [0, 0.05) is 19.0 Å². The van der Waals surface area contributed by atoms with E-state index < -0.39 is 12.0 Å². The molecule has 1 N–H and O–H groups in total. The molecule has 0 radical (unpaired) electrons. The Bertz CT molecular complexity index is 611. The molecule has 2 saturated heterocycles. The van der Waals surface area contributed by atoms with Gasteiger partial charge in [0.1, 0.15) is 6.04 Å². The van der Waals surface area contributed by atoms with E-state index in [0.717, 1.165) is 12.8 Å². The molecule has 0 aliphatic carbocycles. The third-order valence-electron chi connectivity index (χ3n) is 4.30. The molecule has 6 nitrogen and oxygen atoms in total. The summed E-state index contributed by atoms with van der Waals surface area (Å²) in [7, 11) is 1.32. The van der Waals surface area contributed by atoms with E-state index in [0.29, 0.717) is 24.1 Å². The minimum atomic E-state index is -0.678. The maximum Gasteiger partial charge on any atom is 0.337 e. The number of methoxy groups -OCH3 is 1. The molecule has 2 aliphatic heterocycles. The molecule has 2 fully saturated rings. The fourth-order valence-electron chi connectivity index (χ4n) is 3.15. The van der Waals surface area contributed by atoms with Gasteiger partial charge in [-0.25, -0.2) is 4.79 Å². The molecule has 2 aliphatic rings. The summed E-state index contributed by atoms with van der Waals surface area (Å²) >= 11 is 0. The number of hydrogen-bond donors (Lipinski definition) is 1. The van der Waals surface area contributed by atoms with Crippen molar-refractivity contribution in [1.29, 1.82) is 0 Å². The van der Waals surface area contributed by atoms with Gasteiger partial charge >= 0.3 is 5.97 Å². The van der Waals surface area contributed by atoms with Gasteiger partial charge in [0.15, 0.2) is 0 Å². The van der Waals surface area contributed by atoms with Crippen LogP contribution in [0, 0.1) is 0 Å². The molecular formula is C16H18N2O4. The lowest BCUT2D eigenvalue weighted by Crippen LogP contribution is -2.39. The van der Waals surface area contributed by atoms with Crippen molar-refractivity contribution >= 4 is 17.8 Å². The van der Waals surface area contributed by atoms with E-state index in [9.17, 15) is 14.4 Å². The molecule has 116 valence electrons. The number of rotatable bonds is 2. The Balaban J connectivity index is 1.87. The van der Waals surface area contributed by atoms with E-state index >= 15 is 0 Å². The van der Waals surface area contributed by atoms with Crippen LogP contribution < -0.4 is 5.32 Å². The highest BCUT2D eigenvalue weighted by Crippen LogP contribution is 2.28. The quantitative estimate of drug-likeness (QED) is 0.828. The predicted molar refractivity (Wildman–Crippen MR) is 78.0 cm³/mol. The second kappa shape index (κ2) is 5.79. The second-order valence-corrected chi connectivity index (χ2v) is 5.65. The van der Waals surface area contributed by atoms with E-state index in [1.54, 1.807) is 29.2 Å². The molecule has 2 atom stereocenters. The molecule has 2 unspecified atom stereocenters. The average molecular weight is 302 g/mol. The van der Waals surface area contributed by atoms with Crippen LogP contribution in [0.1, 0.15) is 41.2 Å². The minimum Gasteiger partial charge on any atom is -0.465 e. The van der Waals surface area contributed by atoms with Crippen LogP contribution >= 0.6 is 0 Å². The fraction of sp³-hybridized carbons (Fsp3) is 0.438. The molecule has 1 aromatic carbocycles. The molecule has 22 heavy (non-hydrogen) atoms. The van der Waals surface area contributed by atoms with Gasteiger partial charge in [0.25, 0.3) is 0 Å². The SMILES string of the molecule is COC(=O)c1ccc(C2NC(=O)CC3CCCN3C2=O)cc1. The lowest BCUT2D eigenvalue weighted by molar-refractivity contribution is -0.134. The maximum atomic E-state index is 12.7. The van der Waals surface area contributed by atoms with Gasteiger partial charge in [-0.15, -0.1) is 0 Å². The normalized spacial score (nSPS) is 24.5. The van der Waals surface area contributed by atoms with E-state index in [2.05, 4.69) is 10.1 Å². The fourth-order valence-corrected chi connectivity index (χ4v) is 3.15. The molecule has 0 spiro atoms. The first-order chi connectivity index (χ1) is 10.6. The first kappa shape index (κ1) is 14.6. The van der Waals surface area contributed by atoms with Gasteiger partial charge in [-0.2, -0.15) is 0 Å². The lowest BCUT2D eigenvalue weighted by Gasteiger charge is -2.24. The summed E-state index contributed by atoms with van der Waals surface area (Å²) in [6, 6.07) is 5.92. The number of carbonyl (C=O) groups is 3. The molecule has 1 aromatic rings. The highest BCUT2D eigenvalue weighted by atomic mass is 16.5. The largest absolute Gasteiger partial charge is 0.465 e. The Kier molecular flexibility index (Phi) is 3.83. The molecule has 0 saturated carbocycles. The number of benzene rings is 1. The van der Waals surface area contributed by atoms with Gasteiger partial charge in [-0.3, -0.25) is 9.59 Å². The molecule has 3 rings (SSSR count). The third-order valence-corrected chi connectivity index (χ3v) is 4.30. The van der Waals surface area contributed by atoms with Crippen LogP contribution in [0.3, 0.4) is 0 Å². The Morgan fingerprint density at radius 3 is 2.68 bits per heavy atom. The summed E-state index contributed by atoms with van der Waals surface area (Å²) < 4.78 is 4.65. The smallest absolute Gasteiger partial charge is 0.337 e. The molecule has 2 amide bonds. The second-order valence-electron chi connectivity index (χ2n) is 5.65. The van der Waals surface area contributed by atoms with Crippen LogP contribution in [0.5, 0.6) is 0 Å². The minimum absolute atomic E-state index is 0.0202. The monoisotopic (exact) mass is 302 g/mol. The molecule has 0 bridgehead atoms. The lowest BCUT2D eigenvalue weighted by atomic mass is 10.0. The summed E-state index contributed by atoms with van der Waals surface area (Å²) in [5.41, 5.74) is 1.09. The number of carbonyl (C=O) groups excluding carboxylic acids is 3. The summed E-state index contributed by atoms with van der Waals surface area (Å²) in [5, 5.41) is 2.79. The van der Waals surface area contributed by atoms with Crippen molar-refractivity contribution in [3.05, 3.63) is 35.4 Å². The van der Waals surface area contributed by atoms with Gasteiger partial charge < -0.3 is 15.0 Å². The van der Waals surface area contributed by atoms with Gasteiger partial charge in [-0.1, -0.05) is 12.1 Å². The van der Waals surface area contributed by atoms with Crippen LogP contribution in [0.4, 0.5) is 0 Å². The maximum absolute atomic E-state index is 12.7. The Labute approximate surface area is 128 Å². The Hall–Kier alpha value is -2.37. The van der Waals surface area contributed by atoms with E-state index in [1.807, 2.05) is 0 Å². The van der Waals surface area contributed by atoms with Crippen molar-refractivity contribution in [2.45, 2.75) is 31.3 Å². The topological polar surface area (TPSA) is 75.7 Å². The summed E-state index contributed by atoms with van der Waals surface area (Å²) in [4.78, 5) is 37.9. The molecule has 6 heteroatoms. The zero-order valence-electron chi connectivity index (χ0n) is 12.4. The van der Waals surface area contributed by atoms with Crippen LogP contribution in [0.2, 0.25) is 0 Å². The first-order valence-corrected chi connectivity index (χ1v) is 7.38. The summed E-state index contributed by atoms with van der Waals surface area (Å²) in [5.74, 6) is -0.605. The summed E-state index contributed by atoms with van der Waals surface area (Å²) in [6.07, 6.45) is 2.19. The van der Waals surface area contributed by atoms with Crippen LogP contribution in [-0.2, 0) is 14.3 Å². The van der Waals surface area contributed by atoms with E-state index in [4.69, 9.17) is 0 Å². The van der Waals surface area contributed by atoms with Crippen LogP contribution in [0.25, 0.3) is 0 Å². The predicted octanol–water partition coefficient (Wildman–Crippen LogP) is 1.03.